The number of carbonyl (C=O) groups excluding carboxylic acids is 1. The Morgan fingerprint density at radius 3 is 2.80 bits per heavy atom. The van der Waals surface area contributed by atoms with Crippen molar-refractivity contribution in [2.45, 2.75) is 6.92 Å². The molecule has 0 unspecified atom stereocenters. The molecule has 0 atom stereocenters. The molecule has 1 aromatic carbocycles. The third-order valence-corrected chi connectivity index (χ3v) is 3.18. The van der Waals surface area contributed by atoms with Crippen LogP contribution in [0.4, 0.5) is 11.4 Å². The van der Waals surface area contributed by atoms with Gasteiger partial charge < -0.3 is 15.8 Å². The maximum Gasteiger partial charge on any atom is 0.257 e. The predicted molar refractivity (Wildman–Crippen MR) is 82.0 cm³/mol. The van der Waals surface area contributed by atoms with Gasteiger partial charge in [0, 0.05) is 16.2 Å². The minimum absolute atomic E-state index is 0.262. The fourth-order valence-corrected chi connectivity index (χ4v) is 2.20. The number of rotatable bonds is 3. The van der Waals surface area contributed by atoms with Crippen LogP contribution in [0, 0.1) is 6.92 Å². The molecule has 20 heavy (non-hydrogen) atoms. The van der Waals surface area contributed by atoms with E-state index in [1.165, 1.54) is 6.20 Å². The van der Waals surface area contributed by atoms with E-state index in [-0.39, 0.29) is 5.91 Å². The van der Waals surface area contributed by atoms with E-state index >= 15 is 0 Å². The zero-order chi connectivity index (χ0) is 14.7. The number of ether oxygens (including phenoxy) is 1. The maximum atomic E-state index is 12.2. The Bertz CT molecular complexity index is 659. The quantitative estimate of drug-likeness (QED) is 0.903. The van der Waals surface area contributed by atoms with Crippen molar-refractivity contribution in [3.05, 3.63) is 46.2 Å². The van der Waals surface area contributed by atoms with Crippen molar-refractivity contribution in [3.63, 3.8) is 0 Å². The number of hydrogen-bond acceptors (Lipinski definition) is 4. The molecule has 0 saturated heterocycles. The summed E-state index contributed by atoms with van der Waals surface area (Å²) in [7, 11) is 1.57. The molecule has 1 aromatic heterocycles. The van der Waals surface area contributed by atoms with Crippen LogP contribution in [0.1, 0.15) is 16.1 Å². The smallest absolute Gasteiger partial charge is 0.257 e. The molecular weight excluding hydrogens is 322 g/mol. The molecule has 0 spiro atoms. The zero-order valence-corrected chi connectivity index (χ0v) is 12.7. The molecule has 0 radical (unpaired) electrons. The first-order valence-corrected chi connectivity index (χ1v) is 6.67. The predicted octanol–water partition coefficient (Wildman–Crippen LogP) is 3.00. The first-order chi connectivity index (χ1) is 9.49. The highest BCUT2D eigenvalue weighted by Gasteiger charge is 2.11. The average Bonchev–Trinajstić information content (AvgIpc) is 2.40. The maximum absolute atomic E-state index is 12.2. The topological polar surface area (TPSA) is 77.2 Å². The van der Waals surface area contributed by atoms with Gasteiger partial charge in [-0.3, -0.25) is 9.78 Å². The fraction of sp³-hybridized carbons (Fsp3) is 0.143. The number of aromatic nitrogens is 1. The molecule has 0 aliphatic heterocycles. The molecular formula is C14H14BrN3O2. The van der Waals surface area contributed by atoms with E-state index in [9.17, 15) is 4.79 Å². The minimum atomic E-state index is -0.262. The van der Waals surface area contributed by atoms with Crippen LogP contribution in [0.25, 0.3) is 0 Å². The van der Waals surface area contributed by atoms with E-state index in [0.29, 0.717) is 28.4 Å². The van der Waals surface area contributed by atoms with Gasteiger partial charge in [0.2, 0.25) is 0 Å². The van der Waals surface area contributed by atoms with E-state index < -0.39 is 0 Å². The minimum Gasteiger partial charge on any atom is -0.497 e. The van der Waals surface area contributed by atoms with Crippen LogP contribution < -0.4 is 15.8 Å². The second-order valence-electron chi connectivity index (χ2n) is 4.24. The third kappa shape index (κ3) is 3.27. The van der Waals surface area contributed by atoms with Gasteiger partial charge in [-0.05, 0) is 25.1 Å². The SMILES string of the molecule is COc1cc(Br)cc(NC(=O)c2cc(N)cnc2C)c1. The van der Waals surface area contributed by atoms with Crippen molar-refractivity contribution in [2.75, 3.05) is 18.2 Å². The number of amides is 1. The number of benzene rings is 1. The molecule has 0 fully saturated rings. The number of nitrogens with two attached hydrogens (primary N) is 1. The Kier molecular flexibility index (Phi) is 4.24. The Morgan fingerprint density at radius 1 is 1.35 bits per heavy atom. The first-order valence-electron chi connectivity index (χ1n) is 5.87. The highest BCUT2D eigenvalue weighted by Crippen LogP contribution is 2.25. The van der Waals surface area contributed by atoms with Crippen molar-refractivity contribution in [1.29, 1.82) is 0 Å². The van der Waals surface area contributed by atoms with E-state index in [4.69, 9.17) is 10.5 Å². The largest absolute Gasteiger partial charge is 0.497 e. The molecule has 1 amide bonds. The molecule has 104 valence electrons. The molecule has 0 saturated carbocycles. The number of carbonyl (C=O) groups is 1. The van der Waals surface area contributed by atoms with Crippen LogP contribution in [-0.2, 0) is 0 Å². The lowest BCUT2D eigenvalue weighted by Gasteiger charge is -2.10. The van der Waals surface area contributed by atoms with Gasteiger partial charge in [-0.1, -0.05) is 15.9 Å². The Hall–Kier alpha value is -2.08. The van der Waals surface area contributed by atoms with Gasteiger partial charge >= 0.3 is 0 Å². The van der Waals surface area contributed by atoms with E-state index in [1.54, 1.807) is 32.2 Å². The summed E-state index contributed by atoms with van der Waals surface area (Å²) in [5.74, 6) is 0.388. The normalized spacial score (nSPS) is 10.2. The molecule has 0 aliphatic rings. The number of nitrogens with zero attached hydrogens (tertiary/aromatic N) is 1. The summed E-state index contributed by atoms with van der Waals surface area (Å²) in [4.78, 5) is 16.3. The van der Waals surface area contributed by atoms with Crippen LogP contribution in [0.15, 0.2) is 34.9 Å². The molecule has 5 nitrogen and oxygen atoms in total. The number of pyridine rings is 1. The van der Waals surface area contributed by atoms with Crippen molar-refractivity contribution >= 4 is 33.2 Å². The van der Waals surface area contributed by atoms with Gasteiger partial charge in [0.15, 0.2) is 0 Å². The highest BCUT2D eigenvalue weighted by atomic mass is 79.9. The third-order valence-electron chi connectivity index (χ3n) is 2.72. The van der Waals surface area contributed by atoms with Crippen LogP contribution in [0.5, 0.6) is 5.75 Å². The second-order valence-corrected chi connectivity index (χ2v) is 5.15. The Morgan fingerprint density at radius 2 is 2.10 bits per heavy atom. The van der Waals surface area contributed by atoms with E-state index in [2.05, 4.69) is 26.2 Å². The van der Waals surface area contributed by atoms with Gasteiger partial charge in [-0.25, -0.2) is 0 Å². The Balaban J connectivity index is 2.27. The summed E-state index contributed by atoms with van der Waals surface area (Å²) in [6.45, 7) is 1.76. The van der Waals surface area contributed by atoms with Gasteiger partial charge in [-0.15, -0.1) is 0 Å². The number of nitrogens with one attached hydrogen (secondary N) is 1. The van der Waals surface area contributed by atoms with Crippen molar-refractivity contribution < 1.29 is 9.53 Å². The highest BCUT2D eigenvalue weighted by molar-refractivity contribution is 9.10. The number of halogens is 1. The zero-order valence-electron chi connectivity index (χ0n) is 11.1. The lowest BCUT2D eigenvalue weighted by molar-refractivity contribution is 0.102. The van der Waals surface area contributed by atoms with Gasteiger partial charge in [-0.2, -0.15) is 0 Å². The van der Waals surface area contributed by atoms with E-state index in [0.717, 1.165) is 4.47 Å². The van der Waals surface area contributed by atoms with Crippen molar-refractivity contribution in [2.24, 2.45) is 0 Å². The van der Waals surface area contributed by atoms with Crippen LogP contribution in [0.3, 0.4) is 0 Å². The summed E-state index contributed by atoms with van der Waals surface area (Å²) >= 11 is 3.36. The lowest BCUT2D eigenvalue weighted by Crippen LogP contribution is -2.14. The monoisotopic (exact) mass is 335 g/mol. The van der Waals surface area contributed by atoms with Crippen molar-refractivity contribution in [1.82, 2.24) is 4.98 Å². The first kappa shape index (κ1) is 14.3. The Labute approximate surface area is 125 Å². The number of aryl methyl sites for hydroxylation is 1. The molecule has 2 rings (SSSR count). The number of hydrogen-bond donors (Lipinski definition) is 2. The number of nitrogen functional groups attached to an aromatic ring is 1. The summed E-state index contributed by atoms with van der Waals surface area (Å²) < 4.78 is 5.97. The standard InChI is InChI=1S/C14H14BrN3O2/c1-8-13(5-10(16)7-17-8)14(19)18-11-3-9(15)4-12(6-11)20-2/h3-7H,16H2,1-2H3,(H,18,19). The summed E-state index contributed by atoms with van der Waals surface area (Å²) in [5.41, 5.74) is 7.81. The lowest BCUT2D eigenvalue weighted by atomic mass is 10.1. The number of methoxy groups -OCH3 is 1. The molecule has 6 heteroatoms. The molecule has 0 bridgehead atoms. The van der Waals surface area contributed by atoms with Crippen molar-refractivity contribution in [3.8, 4) is 5.75 Å². The van der Waals surface area contributed by atoms with Crippen LogP contribution >= 0.6 is 15.9 Å². The molecule has 0 aliphatic carbocycles. The molecule has 3 N–H and O–H groups in total. The summed E-state index contributed by atoms with van der Waals surface area (Å²) in [5, 5.41) is 2.80. The summed E-state index contributed by atoms with van der Waals surface area (Å²) in [6, 6.07) is 6.93. The average molecular weight is 336 g/mol. The van der Waals surface area contributed by atoms with Crippen LogP contribution in [0.2, 0.25) is 0 Å². The number of anilines is 2. The summed E-state index contributed by atoms with van der Waals surface area (Å²) in [6.07, 6.45) is 1.52. The fourth-order valence-electron chi connectivity index (χ4n) is 1.73. The van der Waals surface area contributed by atoms with Gasteiger partial charge in [0.25, 0.3) is 5.91 Å². The molecule has 1 heterocycles. The van der Waals surface area contributed by atoms with E-state index in [1.807, 2.05) is 6.07 Å². The van der Waals surface area contributed by atoms with Gasteiger partial charge in [0.1, 0.15) is 5.75 Å². The molecule has 2 aromatic rings. The van der Waals surface area contributed by atoms with Crippen LogP contribution in [-0.4, -0.2) is 18.0 Å². The second kappa shape index (κ2) is 5.92. The van der Waals surface area contributed by atoms with Gasteiger partial charge in [0.05, 0.1) is 30.3 Å².